The van der Waals surface area contributed by atoms with E-state index in [1.54, 1.807) is 0 Å². The molecule has 0 spiro atoms. The summed E-state index contributed by atoms with van der Waals surface area (Å²) in [6, 6.07) is 0. The lowest BCUT2D eigenvalue weighted by Crippen LogP contribution is -2.54. The van der Waals surface area contributed by atoms with Gasteiger partial charge in [0.1, 0.15) is 6.61 Å². The Balaban J connectivity index is 1.34. The van der Waals surface area contributed by atoms with E-state index in [-0.39, 0.29) is 6.10 Å². The third kappa shape index (κ3) is 4.20. The van der Waals surface area contributed by atoms with Crippen LogP contribution in [0.4, 0.5) is 0 Å². The first kappa shape index (κ1) is 22.6. The van der Waals surface area contributed by atoms with Gasteiger partial charge in [-0.1, -0.05) is 19.0 Å². The summed E-state index contributed by atoms with van der Waals surface area (Å²) in [7, 11) is 4.24. The molecule has 4 nitrogen and oxygen atoms in total. The van der Waals surface area contributed by atoms with Crippen molar-refractivity contribution in [2.75, 3.05) is 27.2 Å². The van der Waals surface area contributed by atoms with E-state index >= 15 is 0 Å². The van der Waals surface area contributed by atoms with Crippen LogP contribution in [0.2, 0.25) is 0 Å². The molecule has 0 aliphatic heterocycles. The lowest BCUT2D eigenvalue weighted by atomic mass is 9.45. The largest absolute Gasteiger partial charge is 0.396 e. The van der Waals surface area contributed by atoms with Crippen molar-refractivity contribution in [1.29, 1.82) is 0 Å². The van der Waals surface area contributed by atoms with E-state index in [4.69, 9.17) is 4.84 Å². The van der Waals surface area contributed by atoms with Crippen LogP contribution in [0.1, 0.15) is 84.5 Å². The molecule has 4 aliphatic rings. The second-order valence-electron chi connectivity index (χ2n) is 11.9. The Hall–Kier alpha value is -0.610. The van der Waals surface area contributed by atoms with Gasteiger partial charge in [0.25, 0.3) is 0 Å². The lowest BCUT2D eigenvalue weighted by Gasteiger charge is -2.60. The first-order valence-electron chi connectivity index (χ1n) is 12.8. The topological polar surface area (TPSA) is 45.1 Å². The third-order valence-corrected chi connectivity index (χ3v) is 10.1. The van der Waals surface area contributed by atoms with E-state index in [0.29, 0.717) is 16.7 Å². The van der Waals surface area contributed by atoms with E-state index in [2.05, 4.69) is 44.2 Å². The standard InChI is InChI=1S/C26H46N2O2/c1-25-13-11-21(29)17-19(25)7-9-22-23-10-8-20(26(23,2)14-12-24(22)25)18-27-30-16-6-5-15-28(3)4/h18-24,29H,5-17H2,1-4H3/b27-18+/t19?,20?,21?,22-,23-,24+,25-,26+/m0/s1. The Labute approximate surface area is 184 Å². The van der Waals surface area contributed by atoms with Crippen molar-refractivity contribution in [1.82, 2.24) is 4.90 Å². The van der Waals surface area contributed by atoms with Crippen molar-refractivity contribution >= 4 is 6.21 Å². The minimum atomic E-state index is -0.0385. The molecular weight excluding hydrogens is 372 g/mol. The number of unbranched alkanes of at least 4 members (excludes halogenated alkanes) is 1. The lowest BCUT2D eigenvalue weighted by molar-refractivity contribution is -0.123. The summed E-state index contributed by atoms with van der Waals surface area (Å²) in [6.07, 6.45) is 15.9. The summed E-state index contributed by atoms with van der Waals surface area (Å²) < 4.78 is 0. The molecule has 3 unspecified atom stereocenters. The van der Waals surface area contributed by atoms with E-state index in [0.717, 1.165) is 56.1 Å². The molecule has 4 fully saturated rings. The van der Waals surface area contributed by atoms with Crippen LogP contribution in [-0.2, 0) is 4.84 Å². The second-order valence-corrected chi connectivity index (χ2v) is 11.9. The summed E-state index contributed by atoms with van der Waals surface area (Å²) >= 11 is 0. The monoisotopic (exact) mass is 418 g/mol. The third-order valence-electron chi connectivity index (χ3n) is 10.1. The van der Waals surface area contributed by atoms with Crippen LogP contribution in [0.25, 0.3) is 0 Å². The molecule has 0 radical (unpaired) electrons. The van der Waals surface area contributed by atoms with E-state index in [1.807, 2.05) is 0 Å². The first-order valence-corrected chi connectivity index (χ1v) is 12.8. The number of nitrogens with zero attached hydrogens (tertiary/aromatic N) is 2. The Morgan fingerprint density at radius 1 is 0.967 bits per heavy atom. The molecule has 4 aliphatic carbocycles. The zero-order chi connectivity index (χ0) is 21.4. The highest BCUT2D eigenvalue weighted by Gasteiger charge is 2.59. The van der Waals surface area contributed by atoms with Gasteiger partial charge in [-0.25, -0.2) is 0 Å². The molecule has 0 bridgehead atoms. The fraction of sp³-hybridized carbons (Fsp3) is 0.962. The summed E-state index contributed by atoms with van der Waals surface area (Å²) in [5.74, 6) is 3.98. The molecule has 0 saturated heterocycles. The minimum Gasteiger partial charge on any atom is -0.396 e. The van der Waals surface area contributed by atoms with Gasteiger partial charge in [0.15, 0.2) is 0 Å². The van der Waals surface area contributed by atoms with Gasteiger partial charge in [0.05, 0.1) is 6.10 Å². The van der Waals surface area contributed by atoms with Gasteiger partial charge in [-0.3, -0.25) is 0 Å². The maximum Gasteiger partial charge on any atom is 0.117 e. The quantitative estimate of drug-likeness (QED) is 0.344. The summed E-state index contributed by atoms with van der Waals surface area (Å²) in [5, 5.41) is 14.7. The fourth-order valence-corrected chi connectivity index (χ4v) is 8.28. The number of aliphatic hydroxyl groups excluding tert-OH is 1. The van der Waals surface area contributed by atoms with Crippen LogP contribution >= 0.6 is 0 Å². The summed E-state index contributed by atoms with van der Waals surface area (Å²) in [6.45, 7) is 7.01. The highest BCUT2D eigenvalue weighted by Crippen LogP contribution is 2.67. The van der Waals surface area contributed by atoms with Crippen molar-refractivity contribution in [3.05, 3.63) is 0 Å². The zero-order valence-electron chi connectivity index (χ0n) is 20.0. The highest BCUT2D eigenvalue weighted by atomic mass is 16.6. The minimum absolute atomic E-state index is 0.0385. The van der Waals surface area contributed by atoms with Crippen LogP contribution in [-0.4, -0.2) is 49.6 Å². The van der Waals surface area contributed by atoms with E-state index in [1.165, 1.54) is 51.4 Å². The summed E-state index contributed by atoms with van der Waals surface area (Å²) in [4.78, 5) is 7.86. The number of aliphatic hydroxyl groups is 1. The highest BCUT2D eigenvalue weighted by molar-refractivity contribution is 5.62. The van der Waals surface area contributed by atoms with Crippen molar-refractivity contribution in [2.24, 2.45) is 45.6 Å². The molecule has 30 heavy (non-hydrogen) atoms. The Bertz CT molecular complexity index is 608. The first-order chi connectivity index (χ1) is 14.3. The van der Waals surface area contributed by atoms with Gasteiger partial charge in [0, 0.05) is 12.1 Å². The average molecular weight is 419 g/mol. The maximum atomic E-state index is 10.2. The molecule has 4 rings (SSSR count). The number of hydrogen-bond donors (Lipinski definition) is 1. The molecule has 0 amide bonds. The van der Waals surface area contributed by atoms with Crippen LogP contribution < -0.4 is 0 Å². The van der Waals surface area contributed by atoms with Gasteiger partial charge >= 0.3 is 0 Å². The van der Waals surface area contributed by atoms with Crippen LogP contribution in [0.15, 0.2) is 5.16 Å². The zero-order valence-corrected chi connectivity index (χ0v) is 20.0. The number of hydrogen-bond acceptors (Lipinski definition) is 4. The Kier molecular flexibility index (Phi) is 6.85. The predicted octanol–water partition coefficient (Wildman–Crippen LogP) is 5.35. The summed E-state index contributed by atoms with van der Waals surface area (Å²) in [5.41, 5.74) is 0.891. The molecule has 0 aromatic carbocycles. The van der Waals surface area contributed by atoms with Crippen LogP contribution in [0, 0.1) is 40.4 Å². The van der Waals surface area contributed by atoms with Crippen molar-refractivity contribution < 1.29 is 9.94 Å². The fourth-order valence-electron chi connectivity index (χ4n) is 8.28. The average Bonchev–Trinajstić information content (AvgIpc) is 3.04. The Morgan fingerprint density at radius 2 is 1.73 bits per heavy atom. The molecule has 0 aromatic rings. The van der Waals surface area contributed by atoms with Gasteiger partial charge in [-0.15, -0.1) is 0 Å². The van der Waals surface area contributed by atoms with Crippen LogP contribution in [0.3, 0.4) is 0 Å². The smallest absolute Gasteiger partial charge is 0.117 e. The molecule has 4 saturated carbocycles. The van der Waals surface area contributed by atoms with E-state index < -0.39 is 0 Å². The molecule has 1 N–H and O–H groups in total. The SMILES string of the molecule is CN(C)CCCCO/N=C/C1CC[C@H]2[C@@H]3CCC4CC(O)CC[C@]4(C)[C@@H]3CC[C@]12C. The number of oxime groups is 1. The Morgan fingerprint density at radius 3 is 2.53 bits per heavy atom. The number of fused-ring (bicyclic) bond motifs is 5. The van der Waals surface area contributed by atoms with Crippen LogP contribution in [0.5, 0.6) is 0 Å². The van der Waals surface area contributed by atoms with Gasteiger partial charge in [-0.2, -0.15) is 0 Å². The second kappa shape index (κ2) is 9.10. The molecule has 4 heteroatoms. The molecule has 0 heterocycles. The predicted molar refractivity (Wildman–Crippen MR) is 123 cm³/mol. The van der Waals surface area contributed by atoms with Gasteiger partial charge in [-0.05, 0) is 126 Å². The van der Waals surface area contributed by atoms with Gasteiger partial charge < -0.3 is 14.8 Å². The van der Waals surface area contributed by atoms with Gasteiger partial charge in [0.2, 0.25) is 0 Å². The molecule has 8 atom stereocenters. The number of rotatable bonds is 7. The molecule has 0 aromatic heterocycles. The van der Waals surface area contributed by atoms with Crippen molar-refractivity contribution in [3.8, 4) is 0 Å². The maximum absolute atomic E-state index is 10.2. The van der Waals surface area contributed by atoms with E-state index in [9.17, 15) is 5.11 Å². The molecule has 172 valence electrons. The van der Waals surface area contributed by atoms with Crippen molar-refractivity contribution in [2.45, 2.75) is 90.6 Å². The van der Waals surface area contributed by atoms with Crippen molar-refractivity contribution in [3.63, 3.8) is 0 Å². The molecular formula is C26H46N2O2. The normalized spacial score (nSPS) is 45.9.